The highest BCUT2D eigenvalue weighted by molar-refractivity contribution is 5.28. The van der Waals surface area contributed by atoms with E-state index in [1.807, 2.05) is 13.0 Å². The highest BCUT2D eigenvalue weighted by Crippen LogP contribution is 2.14. The number of ether oxygens (including phenoxy) is 1. The maximum Gasteiger partial charge on any atom is 0.223 e. The minimum atomic E-state index is 0.424. The Morgan fingerprint density at radius 1 is 1.28 bits per heavy atom. The second-order valence-corrected chi connectivity index (χ2v) is 4.81. The average Bonchev–Trinajstić information content (AvgIpc) is 2.33. The Morgan fingerprint density at radius 2 is 2.06 bits per heavy atom. The molecule has 102 valence electrons. The van der Waals surface area contributed by atoms with Crippen LogP contribution in [0.15, 0.2) is 6.07 Å². The molecule has 0 bridgehead atoms. The Labute approximate surface area is 110 Å². The first-order valence-corrected chi connectivity index (χ1v) is 6.80. The molecule has 0 atom stereocenters. The van der Waals surface area contributed by atoms with Crippen molar-refractivity contribution < 1.29 is 4.74 Å². The molecule has 4 heteroatoms. The molecule has 0 saturated heterocycles. The van der Waals surface area contributed by atoms with Crippen molar-refractivity contribution in [1.82, 2.24) is 9.97 Å². The number of nitrogens with one attached hydrogen (secondary N) is 1. The molecule has 0 radical (unpaired) electrons. The van der Waals surface area contributed by atoms with Gasteiger partial charge in [0.15, 0.2) is 0 Å². The maximum atomic E-state index is 5.49. The van der Waals surface area contributed by atoms with Crippen LogP contribution >= 0.6 is 0 Å². The van der Waals surface area contributed by atoms with E-state index in [2.05, 4.69) is 36.1 Å². The van der Waals surface area contributed by atoms with Gasteiger partial charge in [-0.3, -0.25) is 0 Å². The van der Waals surface area contributed by atoms with Gasteiger partial charge in [0.1, 0.15) is 0 Å². The largest absolute Gasteiger partial charge is 0.380 e. The van der Waals surface area contributed by atoms with Crippen molar-refractivity contribution >= 4 is 5.95 Å². The summed E-state index contributed by atoms with van der Waals surface area (Å²) < 4.78 is 5.49. The summed E-state index contributed by atoms with van der Waals surface area (Å²) in [6.07, 6.45) is 2.30. The lowest BCUT2D eigenvalue weighted by atomic mass is 10.1. The van der Waals surface area contributed by atoms with E-state index in [-0.39, 0.29) is 0 Å². The Hall–Kier alpha value is -1.16. The number of nitrogens with zero attached hydrogens (tertiary/aromatic N) is 2. The molecule has 0 aliphatic heterocycles. The second kappa shape index (κ2) is 8.03. The lowest BCUT2D eigenvalue weighted by Gasteiger charge is -2.10. The molecule has 0 aromatic carbocycles. The van der Waals surface area contributed by atoms with Gasteiger partial charge in [-0.2, -0.15) is 0 Å². The molecule has 0 fully saturated rings. The molecule has 0 saturated carbocycles. The van der Waals surface area contributed by atoms with Crippen molar-refractivity contribution in [2.75, 3.05) is 25.1 Å². The highest BCUT2D eigenvalue weighted by Gasteiger charge is 2.05. The zero-order valence-electron chi connectivity index (χ0n) is 12.0. The van der Waals surface area contributed by atoms with Gasteiger partial charge in [0.2, 0.25) is 5.95 Å². The van der Waals surface area contributed by atoms with E-state index in [0.717, 1.165) is 31.0 Å². The van der Waals surface area contributed by atoms with Gasteiger partial charge in [0.25, 0.3) is 0 Å². The third-order valence-electron chi connectivity index (χ3n) is 2.64. The minimum absolute atomic E-state index is 0.424. The third-order valence-corrected chi connectivity index (χ3v) is 2.64. The molecule has 1 aromatic heterocycles. The summed E-state index contributed by atoms with van der Waals surface area (Å²) in [7, 11) is 0. The molecule has 4 nitrogen and oxygen atoms in total. The van der Waals surface area contributed by atoms with Crippen molar-refractivity contribution in [3.05, 3.63) is 17.5 Å². The molecule has 18 heavy (non-hydrogen) atoms. The summed E-state index contributed by atoms with van der Waals surface area (Å²) >= 11 is 0. The summed E-state index contributed by atoms with van der Waals surface area (Å²) in [5.41, 5.74) is 2.08. The smallest absolute Gasteiger partial charge is 0.223 e. The van der Waals surface area contributed by atoms with Crippen LogP contribution in [0.25, 0.3) is 0 Å². The Balaban J connectivity index is 2.37. The van der Waals surface area contributed by atoms with E-state index in [1.54, 1.807) is 0 Å². The average molecular weight is 251 g/mol. The summed E-state index contributed by atoms with van der Waals surface area (Å²) in [6, 6.07) is 2.04. The predicted molar refractivity (Wildman–Crippen MR) is 75.1 cm³/mol. The van der Waals surface area contributed by atoms with Crippen LogP contribution in [0.5, 0.6) is 0 Å². The minimum Gasteiger partial charge on any atom is -0.380 e. The van der Waals surface area contributed by atoms with Crippen LogP contribution in [0, 0.1) is 6.92 Å². The van der Waals surface area contributed by atoms with Crippen molar-refractivity contribution in [2.24, 2.45) is 0 Å². The molecule has 1 heterocycles. The van der Waals surface area contributed by atoms with Gasteiger partial charge in [-0.15, -0.1) is 0 Å². The van der Waals surface area contributed by atoms with Crippen LogP contribution < -0.4 is 5.32 Å². The topological polar surface area (TPSA) is 47.0 Å². The van der Waals surface area contributed by atoms with Gasteiger partial charge >= 0.3 is 0 Å². The summed E-state index contributed by atoms with van der Waals surface area (Å²) in [5, 5.41) is 3.21. The van der Waals surface area contributed by atoms with Crippen molar-refractivity contribution in [1.29, 1.82) is 0 Å². The highest BCUT2D eigenvalue weighted by atomic mass is 16.5. The molecule has 0 unspecified atom stereocenters. The Morgan fingerprint density at radius 3 is 2.72 bits per heavy atom. The molecule has 1 rings (SSSR count). The zero-order valence-corrected chi connectivity index (χ0v) is 12.0. The fourth-order valence-corrected chi connectivity index (χ4v) is 1.55. The second-order valence-electron chi connectivity index (χ2n) is 4.81. The van der Waals surface area contributed by atoms with E-state index < -0.39 is 0 Å². The number of anilines is 1. The number of aryl methyl sites for hydroxylation is 1. The number of rotatable bonds is 8. The number of aromatic nitrogens is 2. The fraction of sp³-hybridized carbons (Fsp3) is 0.714. The quantitative estimate of drug-likeness (QED) is 0.721. The molecular formula is C14H25N3O. The zero-order chi connectivity index (χ0) is 13.4. The molecule has 0 spiro atoms. The van der Waals surface area contributed by atoms with Crippen molar-refractivity contribution in [2.45, 2.75) is 46.5 Å². The first-order valence-electron chi connectivity index (χ1n) is 6.80. The number of unbranched alkanes of at least 4 members (excludes halogenated alkanes) is 1. The molecule has 1 N–H and O–H groups in total. The van der Waals surface area contributed by atoms with E-state index in [0.29, 0.717) is 18.5 Å². The normalized spacial score (nSPS) is 10.9. The van der Waals surface area contributed by atoms with Gasteiger partial charge in [-0.1, -0.05) is 27.2 Å². The van der Waals surface area contributed by atoms with Crippen LogP contribution in [0.4, 0.5) is 5.95 Å². The van der Waals surface area contributed by atoms with Crippen LogP contribution in [-0.4, -0.2) is 29.7 Å². The van der Waals surface area contributed by atoms with E-state index in [1.165, 1.54) is 6.42 Å². The Bertz CT molecular complexity index is 353. The van der Waals surface area contributed by atoms with E-state index in [9.17, 15) is 0 Å². The molecule has 1 aromatic rings. The van der Waals surface area contributed by atoms with Gasteiger partial charge in [0, 0.05) is 24.5 Å². The van der Waals surface area contributed by atoms with Crippen LogP contribution in [0.1, 0.15) is 50.9 Å². The van der Waals surface area contributed by atoms with Crippen LogP contribution in [-0.2, 0) is 4.74 Å². The first kappa shape index (κ1) is 14.9. The first-order chi connectivity index (χ1) is 8.63. The summed E-state index contributed by atoms with van der Waals surface area (Å²) in [6.45, 7) is 10.7. The van der Waals surface area contributed by atoms with Crippen LogP contribution in [0.2, 0.25) is 0 Å². The molecule has 0 aliphatic carbocycles. The SMILES string of the molecule is CCCCOCCNc1nc(C)cc(C(C)C)n1. The third kappa shape index (κ3) is 5.45. The lowest BCUT2D eigenvalue weighted by Crippen LogP contribution is -2.13. The molecular weight excluding hydrogens is 226 g/mol. The summed E-state index contributed by atoms with van der Waals surface area (Å²) in [4.78, 5) is 8.86. The summed E-state index contributed by atoms with van der Waals surface area (Å²) in [5.74, 6) is 1.13. The molecule has 0 amide bonds. The van der Waals surface area contributed by atoms with Crippen molar-refractivity contribution in [3.8, 4) is 0 Å². The molecule has 0 aliphatic rings. The van der Waals surface area contributed by atoms with Gasteiger partial charge in [-0.25, -0.2) is 9.97 Å². The fourth-order valence-electron chi connectivity index (χ4n) is 1.55. The van der Waals surface area contributed by atoms with Gasteiger partial charge in [0.05, 0.1) is 6.61 Å². The van der Waals surface area contributed by atoms with Crippen LogP contribution in [0.3, 0.4) is 0 Å². The monoisotopic (exact) mass is 251 g/mol. The van der Waals surface area contributed by atoms with Gasteiger partial charge < -0.3 is 10.1 Å². The number of hydrogen-bond acceptors (Lipinski definition) is 4. The Kier molecular flexibility index (Phi) is 6.65. The van der Waals surface area contributed by atoms with E-state index >= 15 is 0 Å². The predicted octanol–water partition coefficient (Wildman–Crippen LogP) is 3.14. The maximum absolute atomic E-state index is 5.49. The van der Waals surface area contributed by atoms with E-state index in [4.69, 9.17) is 4.74 Å². The van der Waals surface area contributed by atoms with Gasteiger partial charge in [-0.05, 0) is 25.3 Å². The standard InChI is InChI=1S/C14H25N3O/c1-5-6-8-18-9-7-15-14-16-12(4)10-13(17-14)11(2)3/h10-11H,5-9H2,1-4H3,(H,15,16,17). The number of hydrogen-bond donors (Lipinski definition) is 1. The van der Waals surface area contributed by atoms with Crippen molar-refractivity contribution in [3.63, 3.8) is 0 Å². The lowest BCUT2D eigenvalue weighted by molar-refractivity contribution is 0.141.